The van der Waals surface area contributed by atoms with Crippen LogP contribution in [0.4, 0.5) is 24.1 Å². The molecule has 0 aromatic heterocycles. The van der Waals surface area contributed by atoms with Crippen LogP contribution in [0.3, 0.4) is 0 Å². The predicted molar refractivity (Wildman–Crippen MR) is 136 cm³/mol. The van der Waals surface area contributed by atoms with Crippen LogP contribution in [0, 0.1) is 17.6 Å². The Labute approximate surface area is 228 Å². The molecule has 6 rings (SSSR count). The van der Waals surface area contributed by atoms with Gasteiger partial charge >= 0.3 is 12.1 Å². The van der Waals surface area contributed by atoms with Crippen LogP contribution in [0.15, 0.2) is 30.3 Å². The van der Waals surface area contributed by atoms with Crippen molar-refractivity contribution in [3.8, 4) is 0 Å². The van der Waals surface area contributed by atoms with Crippen molar-refractivity contribution in [1.82, 2.24) is 15.1 Å². The van der Waals surface area contributed by atoms with Crippen molar-refractivity contribution in [1.29, 1.82) is 0 Å². The zero-order valence-corrected chi connectivity index (χ0v) is 21.8. The van der Waals surface area contributed by atoms with Crippen LogP contribution in [-0.4, -0.2) is 58.2 Å². The molecule has 2 heterocycles. The lowest BCUT2D eigenvalue weighted by Crippen LogP contribution is -2.55. The number of imide groups is 1. The highest BCUT2D eigenvalue weighted by Gasteiger charge is 2.59. The molecule has 2 aliphatic carbocycles. The molecule has 3 N–H and O–H groups in total. The van der Waals surface area contributed by atoms with Gasteiger partial charge in [-0.15, -0.1) is 0 Å². The first-order chi connectivity index (χ1) is 19.1. The van der Waals surface area contributed by atoms with Gasteiger partial charge in [0.2, 0.25) is 11.5 Å². The third-order valence-electron chi connectivity index (χ3n) is 8.47. The van der Waals surface area contributed by atoms with Gasteiger partial charge in [0, 0.05) is 31.5 Å². The van der Waals surface area contributed by atoms with E-state index in [1.807, 2.05) is 0 Å². The Balaban J connectivity index is 1.27. The number of carbonyl (C=O) groups excluding carboxylic acids is 4. The molecule has 5 amide bonds. The minimum Gasteiger partial charge on any atom is -0.427 e. The standard InChI is InChI=1S/C28H28F2N4O6/c1-31-25(37)32-22-11-16-6-8-27(20(16)12-21(22)30)24(36)33(26(38)40-27)14-23(35)34-13-17-2-5-19(29)10-15(17)7-9-28(34,39)18-3-4-18/h2,5,10-12,18,39H,3-4,6-9,13-14H2,1H3,(H2,31,32,37)/t27?,28-/m0/s1. The average molecular weight is 555 g/mol. The zero-order chi connectivity index (χ0) is 28.4. The number of anilines is 1. The summed E-state index contributed by atoms with van der Waals surface area (Å²) in [5.74, 6) is -2.82. The summed E-state index contributed by atoms with van der Waals surface area (Å²) < 4.78 is 34.3. The molecule has 2 fully saturated rings. The van der Waals surface area contributed by atoms with E-state index >= 15 is 0 Å². The van der Waals surface area contributed by atoms with E-state index in [0.717, 1.165) is 18.9 Å². The Kier molecular flexibility index (Phi) is 6.06. The van der Waals surface area contributed by atoms with Crippen molar-refractivity contribution in [2.45, 2.75) is 56.4 Å². The van der Waals surface area contributed by atoms with Gasteiger partial charge in [0.05, 0.1) is 5.69 Å². The summed E-state index contributed by atoms with van der Waals surface area (Å²) in [7, 11) is 1.39. The Morgan fingerprint density at radius 1 is 1.07 bits per heavy atom. The van der Waals surface area contributed by atoms with E-state index in [0.29, 0.717) is 28.0 Å². The van der Waals surface area contributed by atoms with E-state index in [1.165, 1.54) is 30.1 Å². The fraction of sp³-hybridized carbons (Fsp3) is 0.429. The first-order valence-corrected chi connectivity index (χ1v) is 13.2. The molecule has 4 aliphatic rings. The molecular weight excluding hydrogens is 526 g/mol. The summed E-state index contributed by atoms with van der Waals surface area (Å²) >= 11 is 0. The molecule has 1 saturated heterocycles. The van der Waals surface area contributed by atoms with Crippen molar-refractivity contribution in [3.05, 3.63) is 64.2 Å². The molecule has 40 heavy (non-hydrogen) atoms. The summed E-state index contributed by atoms with van der Waals surface area (Å²) in [5.41, 5.74) is -1.30. The van der Waals surface area contributed by atoms with Gasteiger partial charge in [0.25, 0.3) is 5.91 Å². The van der Waals surface area contributed by atoms with Gasteiger partial charge in [-0.05, 0) is 73.1 Å². The second-order valence-electron chi connectivity index (χ2n) is 10.8. The Morgan fingerprint density at radius 2 is 1.82 bits per heavy atom. The first-order valence-electron chi connectivity index (χ1n) is 13.2. The molecule has 12 heteroatoms. The molecule has 1 spiro atoms. The van der Waals surface area contributed by atoms with Gasteiger partial charge in [-0.1, -0.05) is 6.07 Å². The fourth-order valence-corrected chi connectivity index (χ4v) is 6.18. The predicted octanol–water partition coefficient (Wildman–Crippen LogP) is 2.91. The monoisotopic (exact) mass is 554 g/mol. The number of nitrogens with one attached hydrogen (secondary N) is 2. The molecule has 1 saturated carbocycles. The lowest BCUT2D eigenvalue weighted by molar-refractivity contribution is -0.170. The van der Waals surface area contributed by atoms with Crippen molar-refractivity contribution in [2.75, 3.05) is 18.9 Å². The zero-order valence-electron chi connectivity index (χ0n) is 21.8. The number of benzene rings is 2. The van der Waals surface area contributed by atoms with Crippen LogP contribution < -0.4 is 10.6 Å². The van der Waals surface area contributed by atoms with E-state index in [-0.39, 0.29) is 43.0 Å². The summed E-state index contributed by atoms with van der Waals surface area (Å²) in [6, 6.07) is 6.11. The number of fused-ring (bicyclic) bond motifs is 3. The maximum absolute atomic E-state index is 14.9. The smallest absolute Gasteiger partial charge is 0.418 e. The third kappa shape index (κ3) is 4.09. The van der Waals surface area contributed by atoms with Gasteiger partial charge in [-0.25, -0.2) is 23.3 Å². The molecule has 0 radical (unpaired) electrons. The quantitative estimate of drug-likeness (QED) is 0.533. The minimum absolute atomic E-state index is 0.00116. The van der Waals surface area contributed by atoms with Gasteiger partial charge in [-0.2, -0.15) is 0 Å². The molecule has 0 bridgehead atoms. The lowest BCUT2D eigenvalue weighted by Gasteiger charge is -2.39. The van der Waals surface area contributed by atoms with Crippen LogP contribution in [0.2, 0.25) is 0 Å². The van der Waals surface area contributed by atoms with Crippen LogP contribution in [0.1, 0.15) is 47.9 Å². The highest BCUT2D eigenvalue weighted by Crippen LogP contribution is 2.48. The van der Waals surface area contributed by atoms with Crippen LogP contribution in [-0.2, 0) is 39.3 Å². The summed E-state index contributed by atoms with van der Waals surface area (Å²) in [6.07, 6.45) is 1.30. The summed E-state index contributed by atoms with van der Waals surface area (Å²) in [5, 5.41) is 16.4. The van der Waals surface area contributed by atoms with Crippen LogP contribution in [0.25, 0.3) is 0 Å². The van der Waals surface area contributed by atoms with Crippen molar-refractivity contribution < 1.29 is 37.8 Å². The maximum atomic E-state index is 14.9. The molecule has 2 aromatic carbocycles. The number of nitrogens with zero attached hydrogens (tertiary/aromatic N) is 2. The first kappa shape index (κ1) is 26.2. The van der Waals surface area contributed by atoms with Crippen molar-refractivity contribution >= 4 is 29.6 Å². The maximum Gasteiger partial charge on any atom is 0.418 e. The normalized spacial score (nSPS) is 25.4. The number of halogens is 2. The van der Waals surface area contributed by atoms with E-state index < -0.39 is 53.4 Å². The van der Waals surface area contributed by atoms with Gasteiger partial charge < -0.3 is 25.4 Å². The summed E-state index contributed by atoms with van der Waals surface area (Å²) in [6.45, 7) is -0.669. The largest absolute Gasteiger partial charge is 0.427 e. The molecule has 2 aromatic rings. The van der Waals surface area contributed by atoms with E-state index in [9.17, 15) is 33.1 Å². The van der Waals surface area contributed by atoms with E-state index in [1.54, 1.807) is 6.07 Å². The SMILES string of the molecule is CNC(=O)Nc1cc2c(cc1F)C1(CC2)OC(=O)N(CC(=O)N2Cc3ccc(F)cc3CC[C@]2(O)C2CC2)C1=O. The molecular formula is C28H28F2N4O6. The number of hydrogen-bond acceptors (Lipinski definition) is 6. The molecule has 210 valence electrons. The second-order valence-corrected chi connectivity index (χ2v) is 10.8. The van der Waals surface area contributed by atoms with Crippen LogP contribution in [0.5, 0.6) is 0 Å². The highest BCUT2D eigenvalue weighted by atomic mass is 19.1. The highest BCUT2D eigenvalue weighted by molar-refractivity contribution is 6.06. The Morgan fingerprint density at radius 3 is 2.55 bits per heavy atom. The number of aliphatic hydroxyl groups is 1. The number of amides is 5. The fourth-order valence-electron chi connectivity index (χ4n) is 6.18. The Hall–Kier alpha value is -4.06. The van der Waals surface area contributed by atoms with E-state index in [4.69, 9.17) is 4.74 Å². The number of hydrogen-bond donors (Lipinski definition) is 3. The van der Waals surface area contributed by atoms with E-state index in [2.05, 4.69) is 10.6 Å². The topological polar surface area (TPSA) is 128 Å². The lowest BCUT2D eigenvalue weighted by atomic mass is 9.94. The number of aryl methyl sites for hydroxylation is 2. The number of urea groups is 1. The Bertz CT molecular complexity index is 1460. The van der Waals surface area contributed by atoms with Gasteiger partial charge in [0.15, 0.2) is 0 Å². The molecule has 10 nitrogen and oxygen atoms in total. The third-order valence-corrected chi connectivity index (χ3v) is 8.47. The number of rotatable bonds is 4. The van der Waals surface area contributed by atoms with Gasteiger partial charge in [0.1, 0.15) is 23.9 Å². The summed E-state index contributed by atoms with van der Waals surface area (Å²) in [4.78, 5) is 54.0. The van der Waals surface area contributed by atoms with Crippen molar-refractivity contribution in [2.24, 2.45) is 5.92 Å². The molecule has 2 aliphatic heterocycles. The molecule has 2 atom stereocenters. The minimum atomic E-state index is -1.78. The van der Waals surface area contributed by atoms with Gasteiger partial charge in [-0.3, -0.25) is 9.59 Å². The number of carbonyl (C=O) groups is 4. The molecule has 1 unspecified atom stereocenters. The van der Waals surface area contributed by atoms with Crippen LogP contribution >= 0.6 is 0 Å². The number of ether oxygens (including phenoxy) is 1. The second kappa shape index (κ2) is 9.26. The average Bonchev–Trinajstić information content (AvgIpc) is 3.71. The van der Waals surface area contributed by atoms with Crippen molar-refractivity contribution in [3.63, 3.8) is 0 Å².